The molecule has 0 bridgehead atoms. The van der Waals surface area contributed by atoms with Crippen molar-refractivity contribution >= 4 is 17.6 Å². The van der Waals surface area contributed by atoms with E-state index in [1.54, 1.807) is 30.6 Å². The minimum Gasteiger partial charge on any atom is -0.478 e. The van der Waals surface area contributed by atoms with E-state index in [1.165, 1.54) is 12.1 Å². The molecule has 0 aliphatic carbocycles. The minimum atomic E-state index is -0.958. The first kappa shape index (κ1) is 13.7. The highest BCUT2D eigenvalue weighted by molar-refractivity contribution is 5.88. The molecule has 2 aromatic heterocycles. The van der Waals surface area contributed by atoms with Gasteiger partial charge in [0.25, 0.3) is 0 Å². The van der Waals surface area contributed by atoms with Crippen LogP contribution in [0.2, 0.25) is 0 Å². The highest BCUT2D eigenvalue weighted by Gasteiger charge is 2.05. The molecule has 0 radical (unpaired) electrons. The van der Waals surface area contributed by atoms with E-state index in [0.717, 1.165) is 5.82 Å². The third-order valence-corrected chi connectivity index (χ3v) is 3.10. The first-order chi connectivity index (χ1) is 10.6. The number of hydrogen-bond acceptors (Lipinski definition) is 5. The summed E-state index contributed by atoms with van der Waals surface area (Å²) >= 11 is 0. The summed E-state index contributed by atoms with van der Waals surface area (Å²) in [7, 11) is 0. The fraction of sp³-hybridized carbons (Fsp3) is 0.0667. The maximum atomic E-state index is 10.8. The summed E-state index contributed by atoms with van der Waals surface area (Å²) in [5.41, 5.74) is 0.943. The lowest BCUT2D eigenvalue weighted by atomic mass is 10.2. The minimum absolute atomic E-state index is 0.231. The number of carbonyl (C=O) groups is 1. The molecule has 0 aliphatic rings. The predicted molar refractivity (Wildman–Crippen MR) is 80.6 cm³/mol. The van der Waals surface area contributed by atoms with E-state index in [2.05, 4.69) is 20.3 Å². The standard InChI is InChI=1S/C15H13N5O2/c1-10-16-8-9-20(10)13-6-7-17-15(19-13)18-12-4-2-11(3-5-12)14(21)22/h2-9H,1H3,(H,21,22)(H,17,18,19). The van der Waals surface area contributed by atoms with Crippen LogP contribution in [-0.2, 0) is 0 Å². The Morgan fingerprint density at radius 2 is 1.91 bits per heavy atom. The summed E-state index contributed by atoms with van der Waals surface area (Å²) in [5, 5.41) is 11.9. The molecule has 0 aliphatic heterocycles. The molecular formula is C15H13N5O2. The molecule has 0 atom stereocenters. The van der Waals surface area contributed by atoms with Crippen LogP contribution in [0, 0.1) is 6.92 Å². The van der Waals surface area contributed by atoms with Crippen molar-refractivity contribution in [2.75, 3.05) is 5.32 Å². The number of aromatic carboxylic acids is 1. The van der Waals surface area contributed by atoms with Crippen molar-refractivity contribution in [1.82, 2.24) is 19.5 Å². The fourth-order valence-electron chi connectivity index (χ4n) is 1.99. The van der Waals surface area contributed by atoms with E-state index >= 15 is 0 Å². The number of aromatic nitrogens is 4. The zero-order chi connectivity index (χ0) is 15.5. The molecule has 7 heteroatoms. The zero-order valence-electron chi connectivity index (χ0n) is 11.8. The van der Waals surface area contributed by atoms with Gasteiger partial charge in [-0.05, 0) is 37.3 Å². The molecule has 22 heavy (non-hydrogen) atoms. The Morgan fingerprint density at radius 1 is 1.14 bits per heavy atom. The number of carboxylic acids is 1. The molecular weight excluding hydrogens is 282 g/mol. The van der Waals surface area contributed by atoms with Crippen LogP contribution in [0.5, 0.6) is 0 Å². The molecule has 110 valence electrons. The molecule has 2 N–H and O–H groups in total. The molecule has 0 amide bonds. The van der Waals surface area contributed by atoms with Gasteiger partial charge in [0.15, 0.2) is 0 Å². The van der Waals surface area contributed by atoms with Gasteiger partial charge in [0.1, 0.15) is 11.6 Å². The molecule has 0 spiro atoms. The van der Waals surface area contributed by atoms with Crippen molar-refractivity contribution in [1.29, 1.82) is 0 Å². The number of hydrogen-bond donors (Lipinski definition) is 2. The van der Waals surface area contributed by atoms with Crippen molar-refractivity contribution in [3.8, 4) is 5.82 Å². The molecule has 0 fully saturated rings. The number of aryl methyl sites for hydroxylation is 1. The SMILES string of the molecule is Cc1nccn1-c1ccnc(Nc2ccc(C(=O)O)cc2)n1. The van der Waals surface area contributed by atoms with Crippen LogP contribution in [0.25, 0.3) is 5.82 Å². The Labute approximate surface area is 126 Å². The van der Waals surface area contributed by atoms with Gasteiger partial charge in [-0.3, -0.25) is 4.57 Å². The van der Waals surface area contributed by atoms with Crippen LogP contribution in [0.3, 0.4) is 0 Å². The predicted octanol–water partition coefficient (Wildman–Crippen LogP) is 2.41. The van der Waals surface area contributed by atoms with Crippen molar-refractivity contribution in [3.05, 3.63) is 60.3 Å². The second-order valence-corrected chi connectivity index (χ2v) is 4.59. The Hall–Kier alpha value is -3.22. The normalized spacial score (nSPS) is 10.4. The van der Waals surface area contributed by atoms with Crippen molar-refractivity contribution < 1.29 is 9.90 Å². The number of carboxylic acid groups (broad SMARTS) is 1. The van der Waals surface area contributed by atoms with Crippen LogP contribution in [0.1, 0.15) is 16.2 Å². The largest absolute Gasteiger partial charge is 0.478 e. The number of nitrogens with zero attached hydrogens (tertiary/aromatic N) is 4. The number of imidazole rings is 1. The third-order valence-electron chi connectivity index (χ3n) is 3.10. The topological polar surface area (TPSA) is 92.9 Å². The first-order valence-electron chi connectivity index (χ1n) is 6.57. The maximum Gasteiger partial charge on any atom is 0.335 e. The lowest BCUT2D eigenvalue weighted by Gasteiger charge is -2.08. The van der Waals surface area contributed by atoms with Crippen LogP contribution < -0.4 is 5.32 Å². The lowest BCUT2D eigenvalue weighted by molar-refractivity contribution is 0.0697. The Kier molecular flexibility index (Phi) is 3.53. The number of rotatable bonds is 4. The second-order valence-electron chi connectivity index (χ2n) is 4.59. The quantitative estimate of drug-likeness (QED) is 0.767. The van der Waals surface area contributed by atoms with E-state index < -0.39 is 5.97 Å². The average Bonchev–Trinajstić information content (AvgIpc) is 2.94. The van der Waals surface area contributed by atoms with E-state index in [1.807, 2.05) is 17.7 Å². The van der Waals surface area contributed by atoms with Gasteiger partial charge in [0.05, 0.1) is 5.56 Å². The maximum absolute atomic E-state index is 10.8. The van der Waals surface area contributed by atoms with E-state index in [-0.39, 0.29) is 5.56 Å². The van der Waals surface area contributed by atoms with Gasteiger partial charge in [-0.25, -0.2) is 14.8 Å². The van der Waals surface area contributed by atoms with Crippen molar-refractivity contribution in [2.45, 2.75) is 6.92 Å². The Morgan fingerprint density at radius 3 is 2.55 bits per heavy atom. The van der Waals surface area contributed by atoms with Crippen molar-refractivity contribution in [3.63, 3.8) is 0 Å². The van der Waals surface area contributed by atoms with Gasteiger partial charge < -0.3 is 10.4 Å². The fourth-order valence-corrected chi connectivity index (χ4v) is 1.99. The third kappa shape index (κ3) is 2.78. The number of anilines is 2. The Bertz CT molecular complexity index is 811. The van der Waals surface area contributed by atoms with E-state index in [4.69, 9.17) is 5.11 Å². The van der Waals surface area contributed by atoms with E-state index in [9.17, 15) is 4.79 Å². The second kappa shape index (κ2) is 5.65. The van der Waals surface area contributed by atoms with Crippen molar-refractivity contribution in [2.24, 2.45) is 0 Å². The summed E-state index contributed by atoms with van der Waals surface area (Å²) in [4.78, 5) is 23.6. The highest BCUT2D eigenvalue weighted by Crippen LogP contribution is 2.15. The monoisotopic (exact) mass is 295 g/mol. The Balaban J connectivity index is 1.84. The molecule has 0 unspecified atom stereocenters. The molecule has 3 aromatic rings. The van der Waals surface area contributed by atoms with Gasteiger partial charge in [0.2, 0.25) is 5.95 Å². The molecule has 2 heterocycles. The molecule has 3 rings (SSSR count). The van der Waals surface area contributed by atoms with Crippen LogP contribution in [-0.4, -0.2) is 30.6 Å². The smallest absolute Gasteiger partial charge is 0.335 e. The summed E-state index contributed by atoms with van der Waals surface area (Å²) in [6.45, 7) is 1.89. The number of nitrogens with one attached hydrogen (secondary N) is 1. The van der Waals surface area contributed by atoms with Gasteiger partial charge >= 0.3 is 5.97 Å². The van der Waals surface area contributed by atoms with Gasteiger partial charge in [0, 0.05) is 24.3 Å². The molecule has 0 saturated carbocycles. The lowest BCUT2D eigenvalue weighted by Crippen LogP contribution is -2.03. The van der Waals surface area contributed by atoms with Gasteiger partial charge in [-0.2, -0.15) is 4.98 Å². The molecule has 7 nitrogen and oxygen atoms in total. The summed E-state index contributed by atoms with van der Waals surface area (Å²) in [6.07, 6.45) is 5.17. The molecule has 0 saturated heterocycles. The van der Waals surface area contributed by atoms with Gasteiger partial charge in [-0.1, -0.05) is 0 Å². The first-order valence-corrected chi connectivity index (χ1v) is 6.57. The summed E-state index contributed by atoms with van der Waals surface area (Å²) < 4.78 is 1.85. The summed E-state index contributed by atoms with van der Waals surface area (Å²) in [5.74, 6) is 0.999. The molecule has 1 aromatic carbocycles. The van der Waals surface area contributed by atoms with Crippen LogP contribution >= 0.6 is 0 Å². The van der Waals surface area contributed by atoms with E-state index in [0.29, 0.717) is 17.5 Å². The zero-order valence-corrected chi connectivity index (χ0v) is 11.8. The highest BCUT2D eigenvalue weighted by atomic mass is 16.4. The van der Waals surface area contributed by atoms with Crippen LogP contribution in [0.4, 0.5) is 11.6 Å². The van der Waals surface area contributed by atoms with Crippen LogP contribution in [0.15, 0.2) is 48.9 Å². The summed E-state index contributed by atoms with van der Waals surface area (Å²) in [6, 6.07) is 8.17. The van der Waals surface area contributed by atoms with Gasteiger partial charge in [-0.15, -0.1) is 0 Å². The number of benzene rings is 1. The average molecular weight is 295 g/mol.